The Hall–Kier alpha value is -0.710. The fraction of sp³-hybridized carbons (Fsp3) is 0.900. The Balaban J connectivity index is 0.000000921. The van der Waals surface area contributed by atoms with Crippen molar-refractivity contribution in [3.8, 4) is 0 Å². The lowest BCUT2D eigenvalue weighted by molar-refractivity contribution is -0.149. The molecule has 0 aromatic heterocycles. The number of amides is 1. The molecule has 1 amide bonds. The number of alkyl halides is 2. The molecule has 0 aromatic rings. The number of hydrogen-bond acceptors (Lipinski definition) is 2. The van der Waals surface area contributed by atoms with Crippen LogP contribution in [0.1, 0.15) is 33.6 Å². The number of aliphatic hydroxyl groups excluding tert-OH is 1. The van der Waals surface area contributed by atoms with Crippen LogP contribution in [0, 0.1) is 0 Å². The van der Waals surface area contributed by atoms with Crippen LogP contribution < -0.4 is 0 Å². The minimum atomic E-state index is -2.79. The van der Waals surface area contributed by atoms with E-state index in [4.69, 9.17) is 5.11 Å². The van der Waals surface area contributed by atoms with Crippen molar-refractivity contribution in [2.75, 3.05) is 13.1 Å². The van der Waals surface area contributed by atoms with E-state index in [-0.39, 0.29) is 6.42 Å². The van der Waals surface area contributed by atoms with Gasteiger partial charge in [-0.25, -0.2) is 8.78 Å². The maximum atomic E-state index is 12.8. The van der Waals surface area contributed by atoms with Crippen molar-refractivity contribution < 1.29 is 18.7 Å². The summed E-state index contributed by atoms with van der Waals surface area (Å²) in [6.45, 7) is 5.05. The Morgan fingerprint density at radius 2 is 2.00 bits per heavy atom. The Kier molecular flexibility index (Phi) is 5.72. The van der Waals surface area contributed by atoms with Crippen molar-refractivity contribution in [1.82, 2.24) is 4.90 Å². The Morgan fingerprint density at radius 3 is 2.40 bits per heavy atom. The quantitative estimate of drug-likeness (QED) is 0.734. The van der Waals surface area contributed by atoms with Crippen LogP contribution >= 0.6 is 0 Å². The van der Waals surface area contributed by atoms with E-state index in [2.05, 4.69) is 0 Å². The molecule has 5 heteroatoms. The molecule has 1 aliphatic rings. The first-order valence-electron chi connectivity index (χ1n) is 5.27. The highest BCUT2D eigenvalue weighted by molar-refractivity contribution is 5.80. The van der Waals surface area contributed by atoms with E-state index in [1.165, 1.54) is 6.92 Å². The second-order valence-corrected chi connectivity index (χ2v) is 3.40. The maximum Gasteiger partial charge on any atom is 0.265 e. The molecule has 0 bridgehead atoms. The fourth-order valence-corrected chi connectivity index (χ4v) is 1.42. The average molecular weight is 223 g/mol. The summed E-state index contributed by atoms with van der Waals surface area (Å²) < 4.78 is 25.6. The smallest absolute Gasteiger partial charge is 0.265 e. The predicted molar refractivity (Wildman–Crippen MR) is 53.8 cm³/mol. The van der Waals surface area contributed by atoms with Gasteiger partial charge in [0.15, 0.2) is 0 Å². The van der Waals surface area contributed by atoms with Gasteiger partial charge < -0.3 is 10.0 Å². The van der Waals surface area contributed by atoms with Gasteiger partial charge in [-0.15, -0.1) is 0 Å². The summed E-state index contributed by atoms with van der Waals surface area (Å²) in [7, 11) is 0. The highest BCUT2D eigenvalue weighted by Gasteiger charge is 2.37. The zero-order valence-electron chi connectivity index (χ0n) is 9.46. The molecular weight excluding hydrogens is 204 g/mol. The molecule has 1 rings (SSSR count). The molecule has 1 atom stereocenters. The third-order valence-electron chi connectivity index (χ3n) is 2.06. The molecule has 0 radical (unpaired) electrons. The van der Waals surface area contributed by atoms with Crippen LogP contribution in [0.5, 0.6) is 0 Å². The van der Waals surface area contributed by atoms with Crippen LogP contribution in [-0.4, -0.2) is 41.0 Å². The van der Waals surface area contributed by atoms with Gasteiger partial charge in [0.25, 0.3) is 11.8 Å². The second-order valence-electron chi connectivity index (χ2n) is 3.40. The molecular formula is C10H19F2NO2. The number of piperidine rings is 1. The molecule has 1 heterocycles. The molecule has 1 saturated heterocycles. The minimum Gasteiger partial charge on any atom is -0.384 e. The van der Waals surface area contributed by atoms with Gasteiger partial charge in [0.2, 0.25) is 0 Å². The average Bonchev–Trinajstić information content (AvgIpc) is 2.18. The number of rotatable bonds is 1. The lowest BCUT2D eigenvalue weighted by atomic mass is 10.1. The highest BCUT2D eigenvalue weighted by atomic mass is 19.3. The van der Waals surface area contributed by atoms with Gasteiger partial charge in [0.1, 0.15) is 6.10 Å². The second kappa shape index (κ2) is 6.00. The summed E-state index contributed by atoms with van der Waals surface area (Å²) in [5.74, 6) is -3.40. The standard InChI is InChI=1S/C8H13F2NO2.C2H6/c1-6(12)7(13)11-4-2-3-8(9,10)5-11;1-2/h6,12H,2-5H2,1H3;1-2H3/t6-;/m0./s1. The third-order valence-corrected chi connectivity index (χ3v) is 2.06. The normalized spacial score (nSPS) is 21.3. The maximum absolute atomic E-state index is 12.8. The third kappa shape index (κ3) is 4.55. The van der Waals surface area contributed by atoms with Crippen LogP contribution in [0.2, 0.25) is 0 Å². The zero-order valence-corrected chi connectivity index (χ0v) is 9.46. The van der Waals surface area contributed by atoms with E-state index in [1.54, 1.807) is 0 Å². The molecule has 0 aromatic carbocycles. The van der Waals surface area contributed by atoms with Gasteiger partial charge in [0, 0.05) is 13.0 Å². The molecule has 90 valence electrons. The highest BCUT2D eigenvalue weighted by Crippen LogP contribution is 2.26. The number of carbonyl (C=O) groups is 1. The van der Waals surface area contributed by atoms with E-state index in [9.17, 15) is 13.6 Å². The molecule has 0 spiro atoms. The van der Waals surface area contributed by atoms with E-state index >= 15 is 0 Å². The number of likely N-dealkylation sites (tertiary alicyclic amines) is 1. The van der Waals surface area contributed by atoms with E-state index in [0.29, 0.717) is 13.0 Å². The molecule has 0 aliphatic carbocycles. The van der Waals surface area contributed by atoms with E-state index in [0.717, 1.165) is 4.90 Å². The summed E-state index contributed by atoms with van der Waals surface area (Å²) in [4.78, 5) is 12.2. The van der Waals surface area contributed by atoms with Crippen molar-refractivity contribution >= 4 is 5.91 Å². The first kappa shape index (κ1) is 14.3. The molecule has 1 aliphatic heterocycles. The monoisotopic (exact) mass is 223 g/mol. The Labute approximate surface area is 89.1 Å². The zero-order chi connectivity index (χ0) is 12.1. The lowest BCUT2D eigenvalue weighted by Gasteiger charge is -2.33. The predicted octanol–water partition coefficient (Wildman–Crippen LogP) is 1.65. The number of hydrogen-bond donors (Lipinski definition) is 1. The van der Waals surface area contributed by atoms with Crippen molar-refractivity contribution in [1.29, 1.82) is 0 Å². The van der Waals surface area contributed by atoms with Gasteiger partial charge in [-0.3, -0.25) is 4.79 Å². The summed E-state index contributed by atoms with van der Waals surface area (Å²) in [5, 5.41) is 8.91. The number of nitrogens with zero attached hydrogens (tertiary/aromatic N) is 1. The van der Waals surface area contributed by atoms with Crippen LogP contribution in [0.4, 0.5) is 8.78 Å². The summed E-state index contributed by atoms with van der Waals surface area (Å²) in [5.41, 5.74) is 0. The SMILES string of the molecule is CC.C[C@H](O)C(=O)N1CCCC(F)(F)C1. The molecule has 15 heavy (non-hydrogen) atoms. The van der Waals surface area contributed by atoms with Gasteiger partial charge in [0.05, 0.1) is 6.54 Å². The topological polar surface area (TPSA) is 40.5 Å². The Bertz CT molecular complexity index is 208. The van der Waals surface area contributed by atoms with Crippen LogP contribution in [0.3, 0.4) is 0 Å². The van der Waals surface area contributed by atoms with Crippen molar-refractivity contribution in [2.24, 2.45) is 0 Å². The fourth-order valence-electron chi connectivity index (χ4n) is 1.42. The number of aliphatic hydroxyl groups is 1. The first-order chi connectivity index (χ1) is 6.92. The van der Waals surface area contributed by atoms with Crippen LogP contribution in [0.25, 0.3) is 0 Å². The number of halogens is 2. The molecule has 0 saturated carbocycles. The van der Waals surface area contributed by atoms with E-state index in [1.807, 2.05) is 13.8 Å². The van der Waals surface area contributed by atoms with Gasteiger partial charge in [-0.2, -0.15) is 0 Å². The van der Waals surface area contributed by atoms with Gasteiger partial charge in [-0.1, -0.05) is 13.8 Å². The van der Waals surface area contributed by atoms with Crippen LogP contribution in [0.15, 0.2) is 0 Å². The largest absolute Gasteiger partial charge is 0.384 e. The summed E-state index contributed by atoms with van der Waals surface area (Å²) in [6, 6.07) is 0. The molecule has 1 N–H and O–H groups in total. The molecule has 0 unspecified atom stereocenters. The summed E-state index contributed by atoms with van der Waals surface area (Å²) >= 11 is 0. The van der Waals surface area contributed by atoms with Crippen molar-refractivity contribution in [2.45, 2.75) is 45.6 Å². The molecule has 3 nitrogen and oxygen atoms in total. The number of carbonyl (C=O) groups excluding carboxylic acids is 1. The van der Waals surface area contributed by atoms with Gasteiger partial charge >= 0.3 is 0 Å². The van der Waals surface area contributed by atoms with Crippen molar-refractivity contribution in [3.63, 3.8) is 0 Å². The van der Waals surface area contributed by atoms with Gasteiger partial charge in [-0.05, 0) is 13.3 Å². The lowest BCUT2D eigenvalue weighted by Crippen LogP contribution is -2.48. The van der Waals surface area contributed by atoms with E-state index < -0.39 is 24.5 Å². The Morgan fingerprint density at radius 1 is 1.47 bits per heavy atom. The van der Waals surface area contributed by atoms with Crippen molar-refractivity contribution in [3.05, 3.63) is 0 Å². The first-order valence-corrected chi connectivity index (χ1v) is 5.27. The summed E-state index contributed by atoms with van der Waals surface area (Å²) in [6.07, 6.45) is -1.06. The minimum absolute atomic E-state index is 0.170. The van der Waals surface area contributed by atoms with Crippen LogP contribution in [-0.2, 0) is 4.79 Å². The molecule has 1 fully saturated rings.